The number of hydrogen-bond acceptors (Lipinski definition) is 3. The van der Waals surface area contributed by atoms with Crippen LogP contribution in [0.15, 0.2) is 35.3 Å². The smallest absolute Gasteiger partial charge is 0.351 e. The van der Waals surface area contributed by atoms with E-state index in [2.05, 4.69) is 4.98 Å². The van der Waals surface area contributed by atoms with Crippen LogP contribution >= 0.6 is 23.2 Å². The third kappa shape index (κ3) is 4.02. The van der Waals surface area contributed by atoms with E-state index in [-0.39, 0.29) is 5.69 Å². The highest BCUT2D eigenvalue weighted by atomic mass is 35.5. The van der Waals surface area contributed by atoms with E-state index < -0.39 is 0 Å². The van der Waals surface area contributed by atoms with Crippen LogP contribution in [0.4, 0.5) is 0 Å². The van der Waals surface area contributed by atoms with Gasteiger partial charge in [0.05, 0.1) is 13.2 Å². The van der Waals surface area contributed by atoms with Gasteiger partial charge >= 0.3 is 5.69 Å². The molecule has 2 aromatic rings. The summed E-state index contributed by atoms with van der Waals surface area (Å²) in [4.78, 5) is 16.0. The van der Waals surface area contributed by atoms with Crippen molar-refractivity contribution in [2.24, 2.45) is 5.92 Å². The normalized spacial score (nSPS) is 14.1. The number of rotatable bonds is 6. The molecule has 22 heavy (non-hydrogen) atoms. The van der Waals surface area contributed by atoms with Gasteiger partial charge in [0.2, 0.25) is 5.88 Å². The highest BCUT2D eigenvalue weighted by molar-refractivity contribution is 6.35. The Bertz CT molecular complexity index is 726. The van der Waals surface area contributed by atoms with E-state index in [0.29, 0.717) is 29.1 Å². The Hall–Kier alpha value is -1.52. The van der Waals surface area contributed by atoms with E-state index in [1.807, 2.05) is 0 Å². The lowest BCUT2D eigenvalue weighted by atomic mass is 10.2. The summed E-state index contributed by atoms with van der Waals surface area (Å²) in [5.41, 5.74) is 0.465. The van der Waals surface area contributed by atoms with Crippen LogP contribution in [0.1, 0.15) is 24.8 Å². The molecule has 4 nitrogen and oxygen atoms in total. The summed E-state index contributed by atoms with van der Waals surface area (Å²) >= 11 is 12.0. The predicted molar refractivity (Wildman–Crippen MR) is 86.9 cm³/mol. The quantitative estimate of drug-likeness (QED) is 0.805. The molecule has 0 N–H and O–H groups in total. The average molecular weight is 339 g/mol. The maximum absolute atomic E-state index is 12.0. The van der Waals surface area contributed by atoms with E-state index in [4.69, 9.17) is 27.9 Å². The first-order valence-corrected chi connectivity index (χ1v) is 8.01. The fraction of sp³-hybridized carbons (Fsp3) is 0.375. The predicted octanol–water partition coefficient (Wildman–Crippen LogP) is 3.78. The largest absolute Gasteiger partial charge is 0.477 e. The van der Waals surface area contributed by atoms with Gasteiger partial charge < -0.3 is 4.74 Å². The molecular formula is C16H16Cl2N2O2. The van der Waals surface area contributed by atoms with Gasteiger partial charge in [-0.2, -0.15) is 4.98 Å². The van der Waals surface area contributed by atoms with E-state index in [1.165, 1.54) is 17.4 Å². The van der Waals surface area contributed by atoms with Crippen molar-refractivity contribution in [3.05, 3.63) is 56.6 Å². The van der Waals surface area contributed by atoms with E-state index in [9.17, 15) is 4.79 Å². The molecule has 1 aromatic carbocycles. The summed E-state index contributed by atoms with van der Waals surface area (Å²) in [6.45, 7) is 0.967. The molecule has 0 unspecified atom stereocenters. The Kier molecular flexibility index (Phi) is 4.69. The van der Waals surface area contributed by atoms with E-state index in [0.717, 1.165) is 17.9 Å². The van der Waals surface area contributed by atoms with Gasteiger partial charge in [0.25, 0.3) is 0 Å². The van der Waals surface area contributed by atoms with E-state index >= 15 is 0 Å². The molecule has 0 saturated heterocycles. The van der Waals surface area contributed by atoms with Crippen molar-refractivity contribution in [1.29, 1.82) is 0 Å². The van der Waals surface area contributed by atoms with Crippen LogP contribution in [-0.2, 0) is 6.54 Å². The van der Waals surface area contributed by atoms with Crippen LogP contribution in [0, 0.1) is 5.92 Å². The fourth-order valence-electron chi connectivity index (χ4n) is 2.18. The second-order valence-corrected chi connectivity index (χ2v) is 6.34. The van der Waals surface area contributed by atoms with Gasteiger partial charge in [-0.15, -0.1) is 0 Å². The Morgan fingerprint density at radius 2 is 2.09 bits per heavy atom. The van der Waals surface area contributed by atoms with Crippen molar-refractivity contribution in [3.63, 3.8) is 0 Å². The number of halogens is 2. The third-order valence-corrected chi connectivity index (χ3v) is 4.26. The monoisotopic (exact) mass is 338 g/mol. The average Bonchev–Trinajstić information content (AvgIpc) is 3.28. The second kappa shape index (κ2) is 6.71. The van der Waals surface area contributed by atoms with Gasteiger partial charge in [-0.1, -0.05) is 42.1 Å². The van der Waals surface area contributed by atoms with Crippen LogP contribution < -0.4 is 10.4 Å². The molecule has 0 aliphatic heterocycles. The minimum atomic E-state index is -0.352. The molecule has 0 atom stereocenters. The van der Waals surface area contributed by atoms with Gasteiger partial charge in [-0.05, 0) is 30.0 Å². The Labute approximate surface area is 138 Å². The first kappa shape index (κ1) is 15.4. The number of nitrogens with zero attached hydrogens (tertiary/aromatic N) is 2. The van der Waals surface area contributed by atoms with Crippen molar-refractivity contribution >= 4 is 23.2 Å². The molecule has 0 amide bonds. The minimum absolute atomic E-state index is 0.351. The zero-order valence-electron chi connectivity index (χ0n) is 12.0. The molecule has 0 spiro atoms. The molecule has 116 valence electrons. The molecule has 1 aliphatic rings. The Balaban J connectivity index is 1.67. The maximum atomic E-state index is 12.0. The second-order valence-electron chi connectivity index (χ2n) is 5.49. The van der Waals surface area contributed by atoms with Crippen molar-refractivity contribution in [1.82, 2.24) is 9.55 Å². The zero-order valence-corrected chi connectivity index (χ0v) is 13.5. The fourth-order valence-corrected chi connectivity index (χ4v) is 2.65. The minimum Gasteiger partial charge on any atom is -0.477 e. The summed E-state index contributed by atoms with van der Waals surface area (Å²) in [5.74, 6) is 1.18. The highest BCUT2D eigenvalue weighted by Gasteiger charge is 2.20. The highest BCUT2D eigenvalue weighted by Crippen LogP contribution is 2.32. The van der Waals surface area contributed by atoms with Gasteiger partial charge in [0.1, 0.15) is 0 Å². The molecule has 1 aromatic heterocycles. The summed E-state index contributed by atoms with van der Waals surface area (Å²) in [5, 5.41) is 1.10. The number of ether oxygens (including phenoxy) is 1. The summed E-state index contributed by atoms with van der Waals surface area (Å²) in [6, 6.07) is 6.91. The van der Waals surface area contributed by atoms with Crippen molar-refractivity contribution in [2.75, 3.05) is 6.61 Å². The first-order valence-electron chi connectivity index (χ1n) is 7.26. The third-order valence-electron chi connectivity index (χ3n) is 3.68. The summed E-state index contributed by atoms with van der Waals surface area (Å²) in [7, 11) is 0. The lowest BCUT2D eigenvalue weighted by Gasteiger charge is -2.09. The van der Waals surface area contributed by atoms with Gasteiger partial charge in [-0.25, -0.2) is 4.79 Å². The molecular weight excluding hydrogens is 323 g/mol. The van der Waals surface area contributed by atoms with Crippen LogP contribution in [0.25, 0.3) is 0 Å². The van der Waals surface area contributed by atoms with Gasteiger partial charge in [-0.3, -0.25) is 4.57 Å². The van der Waals surface area contributed by atoms with Crippen molar-refractivity contribution in [2.45, 2.75) is 25.8 Å². The molecule has 0 bridgehead atoms. The number of benzene rings is 1. The Morgan fingerprint density at radius 3 is 2.77 bits per heavy atom. The van der Waals surface area contributed by atoms with Crippen LogP contribution in [0.3, 0.4) is 0 Å². The van der Waals surface area contributed by atoms with Crippen LogP contribution in [0.5, 0.6) is 5.88 Å². The lowest BCUT2D eigenvalue weighted by Crippen LogP contribution is -2.23. The molecule has 0 radical (unpaired) electrons. The Morgan fingerprint density at radius 1 is 1.27 bits per heavy atom. The van der Waals surface area contributed by atoms with Gasteiger partial charge in [0, 0.05) is 22.3 Å². The standard InChI is InChI=1S/C16H16Cl2N2O2/c17-13-4-3-12(14(18)9-13)10-20-7-5-15(19-16(20)21)22-8-6-11-1-2-11/h3-5,7,9,11H,1-2,6,8,10H2. The number of aromatic nitrogens is 2. The van der Waals surface area contributed by atoms with E-state index in [1.54, 1.807) is 30.5 Å². The van der Waals surface area contributed by atoms with Crippen molar-refractivity contribution in [3.8, 4) is 5.88 Å². The maximum Gasteiger partial charge on any atom is 0.351 e. The summed E-state index contributed by atoms with van der Waals surface area (Å²) < 4.78 is 7.00. The molecule has 1 aliphatic carbocycles. The zero-order chi connectivity index (χ0) is 15.5. The van der Waals surface area contributed by atoms with Crippen molar-refractivity contribution < 1.29 is 4.74 Å². The SMILES string of the molecule is O=c1nc(OCCC2CC2)ccn1Cc1ccc(Cl)cc1Cl. The molecule has 3 rings (SSSR count). The van der Waals surface area contributed by atoms with Crippen LogP contribution in [0.2, 0.25) is 10.0 Å². The lowest BCUT2D eigenvalue weighted by molar-refractivity contribution is 0.289. The topological polar surface area (TPSA) is 44.1 Å². The van der Waals surface area contributed by atoms with Crippen LogP contribution in [-0.4, -0.2) is 16.2 Å². The molecule has 6 heteroatoms. The first-order chi connectivity index (χ1) is 10.6. The molecule has 1 fully saturated rings. The molecule has 1 saturated carbocycles. The number of hydrogen-bond donors (Lipinski definition) is 0. The van der Waals surface area contributed by atoms with Gasteiger partial charge in [0.15, 0.2) is 0 Å². The molecule has 1 heterocycles. The summed E-state index contributed by atoms with van der Waals surface area (Å²) in [6.07, 6.45) is 5.29.